The molecule has 0 saturated carbocycles. The molecule has 0 N–H and O–H groups in total. The number of fused-ring (bicyclic) bond motifs is 6. The molecule has 232 valence electrons. The van der Waals surface area contributed by atoms with E-state index in [0.29, 0.717) is 17.5 Å². The molecule has 1 aliphatic rings. The summed E-state index contributed by atoms with van der Waals surface area (Å²) in [6.45, 7) is 0. The first-order valence-corrected chi connectivity index (χ1v) is 16.5. The molecular weight excluding hydrogens is 611 g/mol. The predicted octanol–water partition coefficient (Wildman–Crippen LogP) is 10.5. The van der Waals surface area contributed by atoms with Gasteiger partial charge in [-0.1, -0.05) is 91.0 Å². The summed E-state index contributed by atoms with van der Waals surface area (Å²) < 4.78 is 4.44. The van der Waals surface area contributed by atoms with E-state index in [1.54, 1.807) is 0 Å². The highest BCUT2D eigenvalue weighted by Crippen LogP contribution is 2.40. The third kappa shape index (κ3) is 4.45. The quantitative estimate of drug-likeness (QED) is 0.193. The molecule has 1 atom stereocenters. The number of nitriles is 3. The molecule has 9 rings (SSSR count). The zero-order chi connectivity index (χ0) is 33.8. The summed E-state index contributed by atoms with van der Waals surface area (Å²) in [4.78, 5) is 0. The van der Waals surface area contributed by atoms with Gasteiger partial charge in [-0.3, -0.25) is 0 Å². The van der Waals surface area contributed by atoms with Crippen LogP contribution in [0, 0.1) is 39.9 Å². The van der Waals surface area contributed by atoms with Crippen molar-refractivity contribution in [1.82, 2.24) is 9.13 Å². The first-order chi connectivity index (χ1) is 24.7. The van der Waals surface area contributed by atoms with E-state index in [0.717, 1.165) is 77.6 Å². The topological polar surface area (TPSA) is 81.2 Å². The Hall–Kier alpha value is -7.13. The smallest absolute Gasteiger partial charge is 0.101 e. The maximum Gasteiger partial charge on any atom is 0.101 e. The van der Waals surface area contributed by atoms with Crippen molar-refractivity contribution in [2.75, 3.05) is 0 Å². The van der Waals surface area contributed by atoms with Crippen LogP contribution >= 0.6 is 0 Å². The first-order valence-electron chi connectivity index (χ1n) is 16.5. The van der Waals surface area contributed by atoms with Gasteiger partial charge in [-0.05, 0) is 83.3 Å². The summed E-state index contributed by atoms with van der Waals surface area (Å²) in [5, 5.41) is 33.1. The van der Waals surface area contributed by atoms with Crippen molar-refractivity contribution in [3.05, 3.63) is 162 Å². The molecule has 0 saturated heterocycles. The molecule has 50 heavy (non-hydrogen) atoms. The lowest BCUT2D eigenvalue weighted by molar-refractivity contribution is 0.809. The molecule has 0 amide bonds. The molecule has 2 aromatic heterocycles. The number of hydrogen-bond donors (Lipinski definition) is 0. The maximum absolute atomic E-state index is 10.3. The normalized spacial score (nSPS) is 13.6. The van der Waals surface area contributed by atoms with Gasteiger partial charge in [-0.2, -0.15) is 15.8 Å². The fraction of sp³-hybridized carbons (Fsp3) is 0.0444. The van der Waals surface area contributed by atoms with Gasteiger partial charge in [0.05, 0.1) is 57.1 Å². The summed E-state index contributed by atoms with van der Waals surface area (Å²) >= 11 is 0. The van der Waals surface area contributed by atoms with Crippen molar-refractivity contribution in [2.45, 2.75) is 6.42 Å². The predicted molar refractivity (Wildman–Crippen MR) is 200 cm³/mol. The lowest BCUT2D eigenvalue weighted by Gasteiger charge is -2.18. The summed E-state index contributed by atoms with van der Waals surface area (Å²) in [5.41, 5.74) is 12.4. The number of nitrogens with zero attached hydrogens (tertiary/aromatic N) is 5. The van der Waals surface area contributed by atoms with E-state index in [1.807, 2.05) is 60.7 Å². The third-order valence-corrected chi connectivity index (χ3v) is 9.91. The second-order valence-corrected chi connectivity index (χ2v) is 12.7. The number of hydrogen-bond acceptors (Lipinski definition) is 3. The minimum atomic E-state index is -0.191. The van der Waals surface area contributed by atoms with Crippen LogP contribution in [0.25, 0.3) is 72.4 Å². The van der Waals surface area contributed by atoms with Gasteiger partial charge < -0.3 is 9.13 Å². The van der Waals surface area contributed by atoms with Crippen molar-refractivity contribution < 1.29 is 0 Å². The maximum atomic E-state index is 10.3. The van der Waals surface area contributed by atoms with E-state index in [1.165, 1.54) is 0 Å². The van der Waals surface area contributed by atoms with Gasteiger partial charge in [0.2, 0.25) is 0 Å². The van der Waals surface area contributed by atoms with Crippen LogP contribution in [-0.4, -0.2) is 9.13 Å². The van der Waals surface area contributed by atoms with Crippen LogP contribution in [0.5, 0.6) is 0 Å². The molecule has 2 heterocycles. The number of allylic oxidation sites excluding steroid dienone is 1. The average Bonchev–Trinajstić information content (AvgIpc) is 3.69. The number of para-hydroxylation sites is 3. The highest BCUT2D eigenvalue weighted by molar-refractivity contribution is 6.09. The Balaban J connectivity index is 1.22. The second kappa shape index (κ2) is 11.5. The van der Waals surface area contributed by atoms with Crippen LogP contribution < -0.4 is 0 Å². The molecule has 5 nitrogen and oxygen atoms in total. The molecule has 1 unspecified atom stereocenters. The van der Waals surface area contributed by atoms with Gasteiger partial charge in [-0.15, -0.1) is 0 Å². The Bertz CT molecular complexity index is 2790. The van der Waals surface area contributed by atoms with E-state index < -0.39 is 0 Å². The first kappa shape index (κ1) is 29.0. The lowest BCUT2D eigenvalue weighted by Crippen LogP contribution is -2.07. The van der Waals surface area contributed by atoms with Crippen LogP contribution in [0.3, 0.4) is 0 Å². The van der Waals surface area contributed by atoms with Crippen LogP contribution in [0.2, 0.25) is 0 Å². The molecule has 0 radical (unpaired) electrons. The molecule has 0 bridgehead atoms. The van der Waals surface area contributed by atoms with Gasteiger partial charge in [0, 0.05) is 27.4 Å². The SMILES string of the molecule is N#Cc1ccc2c3c(n(-c4ccccc4-c4cccc(-c5ccc(C#N)c(-n6c7ccccc7c7ccccc76)c5)c4)c2c1)C=CC(C#N)C3. The van der Waals surface area contributed by atoms with Crippen LogP contribution in [0.15, 0.2) is 140 Å². The molecule has 0 fully saturated rings. The van der Waals surface area contributed by atoms with Crippen molar-refractivity contribution in [2.24, 2.45) is 5.92 Å². The van der Waals surface area contributed by atoms with E-state index in [4.69, 9.17) is 0 Å². The second-order valence-electron chi connectivity index (χ2n) is 12.7. The average molecular weight is 638 g/mol. The van der Waals surface area contributed by atoms with Gasteiger partial charge in [-0.25, -0.2) is 0 Å². The summed E-state index contributed by atoms with van der Waals surface area (Å²) in [6.07, 6.45) is 4.66. The molecule has 0 spiro atoms. The number of aromatic nitrogens is 2. The van der Waals surface area contributed by atoms with Crippen LogP contribution in [0.4, 0.5) is 0 Å². The van der Waals surface area contributed by atoms with Gasteiger partial charge in [0.25, 0.3) is 0 Å². The standard InChI is InChI=1S/C45H27N5/c46-26-29-17-21-43-39(22-29)38-20-16-30(27-47)23-45(38)50(43)40-13-4-1-10-35(40)33-9-7-8-31(24-33)32-18-19-34(28-48)44(25-32)49-41-14-5-2-11-36(41)37-12-3-6-15-42(37)49/h1-21,23-25,29H,22H2. The third-order valence-electron chi connectivity index (χ3n) is 9.91. The minimum Gasteiger partial charge on any atom is -0.309 e. The van der Waals surface area contributed by atoms with Crippen LogP contribution in [0.1, 0.15) is 22.4 Å². The summed E-state index contributed by atoms with van der Waals surface area (Å²) in [5.74, 6) is -0.191. The number of rotatable bonds is 4. The zero-order valence-corrected chi connectivity index (χ0v) is 26.9. The minimum absolute atomic E-state index is 0.191. The Kier molecular flexibility index (Phi) is 6.70. The van der Waals surface area contributed by atoms with Crippen molar-refractivity contribution in [1.29, 1.82) is 15.8 Å². The molecule has 1 aliphatic carbocycles. The van der Waals surface area contributed by atoms with E-state index in [-0.39, 0.29) is 5.92 Å². The fourth-order valence-electron chi connectivity index (χ4n) is 7.63. The van der Waals surface area contributed by atoms with Crippen molar-refractivity contribution in [3.8, 4) is 51.8 Å². The molecule has 8 aromatic rings. The highest BCUT2D eigenvalue weighted by Gasteiger charge is 2.24. The monoisotopic (exact) mass is 637 g/mol. The Morgan fingerprint density at radius 2 is 1.26 bits per heavy atom. The lowest BCUT2D eigenvalue weighted by atomic mass is 9.92. The van der Waals surface area contributed by atoms with Crippen molar-refractivity contribution in [3.63, 3.8) is 0 Å². The Morgan fingerprint density at radius 3 is 2.02 bits per heavy atom. The van der Waals surface area contributed by atoms with E-state index in [2.05, 4.69) is 112 Å². The van der Waals surface area contributed by atoms with E-state index in [9.17, 15) is 15.8 Å². The summed E-state index contributed by atoms with van der Waals surface area (Å²) in [6, 6.07) is 52.6. The van der Waals surface area contributed by atoms with Gasteiger partial charge in [0.1, 0.15) is 6.07 Å². The fourth-order valence-corrected chi connectivity index (χ4v) is 7.63. The molecule has 5 heteroatoms. The van der Waals surface area contributed by atoms with E-state index >= 15 is 0 Å². The van der Waals surface area contributed by atoms with Gasteiger partial charge in [0.15, 0.2) is 0 Å². The summed E-state index contributed by atoms with van der Waals surface area (Å²) in [7, 11) is 0. The zero-order valence-electron chi connectivity index (χ0n) is 26.9. The molecule has 0 aliphatic heterocycles. The van der Waals surface area contributed by atoms with Crippen LogP contribution in [-0.2, 0) is 6.42 Å². The Morgan fingerprint density at radius 1 is 0.540 bits per heavy atom. The Labute approximate surface area is 289 Å². The van der Waals surface area contributed by atoms with Gasteiger partial charge >= 0.3 is 0 Å². The molecular formula is C45H27N5. The molecule has 6 aromatic carbocycles. The number of benzene rings is 6. The largest absolute Gasteiger partial charge is 0.309 e. The van der Waals surface area contributed by atoms with Crippen molar-refractivity contribution >= 4 is 38.8 Å². The highest BCUT2D eigenvalue weighted by atomic mass is 15.0.